The number of amides is 1. The number of H-pyrrole nitrogens is 1. The summed E-state index contributed by atoms with van der Waals surface area (Å²) < 4.78 is 5.15. The number of β-amino-alcohol motifs (C(OH)–C–C–N with tert-alkyl or cyclic N) is 1. The van der Waals surface area contributed by atoms with Gasteiger partial charge in [0.25, 0.3) is 0 Å². The average molecular weight is 357 g/mol. The lowest BCUT2D eigenvalue weighted by Gasteiger charge is -2.16. The molecule has 1 saturated heterocycles. The summed E-state index contributed by atoms with van der Waals surface area (Å²) in [6, 6.07) is 9.94. The van der Waals surface area contributed by atoms with Gasteiger partial charge in [0, 0.05) is 31.1 Å². The number of methoxy groups -OCH3 is 1. The maximum Gasteiger partial charge on any atom is 0.222 e. The van der Waals surface area contributed by atoms with Crippen molar-refractivity contribution in [1.29, 1.82) is 0 Å². The molecule has 26 heavy (non-hydrogen) atoms. The Morgan fingerprint density at radius 2 is 2.12 bits per heavy atom. The van der Waals surface area contributed by atoms with Crippen molar-refractivity contribution in [2.45, 2.75) is 38.7 Å². The number of aliphatic hydroxyl groups excluding tert-OH is 1. The Bertz CT molecular complexity index is 726. The summed E-state index contributed by atoms with van der Waals surface area (Å²) >= 11 is 0. The molecule has 0 spiro atoms. The van der Waals surface area contributed by atoms with E-state index in [9.17, 15) is 9.90 Å². The fraction of sp³-hybridized carbons (Fsp3) is 0.500. The van der Waals surface area contributed by atoms with Gasteiger partial charge in [-0.05, 0) is 49.9 Å². The van der Waals surface area contributed by atoms with E-state index in [4.69, 9.17) is 4.74 Å². The number of ether oxygens (including phenoxy) is 1. The van der Waals surface area contributed by atoms with E-state index in [0.29, 0.717) is 25.9 Å². The van der Waals surface area contributed by atoms with Gasteiger partial charge in [-0.15, -0.1) is 0 Å². The Morgan fingerprint density at radius 3 is 2.77 bits per heavy atom. The zero-order valence-corrected chi connectivity index (χ0v) is 15.4. The van der Waals surface area contributed by atoms with Gasteiger partial charge in [0.1, 0.15) is 5.75 Å². The first-order valence-electron chi connectivity index (χ1n) is 9.15. The van der Waals surface area contributed by atoms with Gasteiger partial charge in [0.15, 0.2) is 0 Å². The number of nitrogens with zero attached hydrogens (tertiary/aromatic N) is 2. The number of aryl methyl sites for hydroxylation is 2. The van der Waals surface area contributed by atoms with Crippen LogP contribution in [0.15, 0.2) is 30.3 Å². The Morgan fingerprint density at radius 1 is 1.35 bits per heavy atom. The third kappa shape index (κ3) is 4.64. The SMILES string of the molecule is COc1ccc(CCCC(=O)N2C[C@@H](Cc3cc(C)[nH]n3)[C@H](O)C2)cc1. The molecule has 6 nitrogen and oxygen atoms in total. The van der Waals surface area contributed by atoms with Crippen LogP contribution in [0.25, 0.3) is 0 Å². The zero-order chi connectivity index (χ0) is 18.5. The maximum absolute atomic E-state index is 12.5. The van der Waals surface area contributed by atoms with Crippen LogP contribution in [0.1, 0.15) is 29.8 Å². The molecule has 1 amide bonds. The first-order chi connectivity index (χ1) is 12.5. The third-order valence-corrected chi connectivity index (χ3v) is 5.00. The van der Waals surface area contributed by atoms with Gasteiger partial charge >= 0.3 is 0 Å². The molecule has 2 N–H and O–H groups in total. The van der Waals surface area contributed by atoms with E-state index in [1.165, 1.54) is 5.56 Å². The number of aromatic nitrogens is 2. The summed E-state index contributed by atoms with van der Waals surface area (Å²) in [5.74, 6) is 1.02. The number of rotatable bonds is 7. The van der Waals surface area contributed by atoms with Crippen LogP contribution in [0.4, 0.5) is 0 Å². The van der Waals surface area contributed by atoms with Crippen molar-refractivity contribution in [3.8, 4) is 5.75 Å². The van der Waals surface area contributed by atoms with Crippen molar-refractivity contribution in [3.63, 3.8) is 0 Å². The van der Waals surface area contributed by atoms with Crippen LogP contribution in [0.5, 0.6) is 5.75 Å². The zero-order valence-electron chi connectivity index (χ0n) is 15.4. The lowest BCUT2D eigenvalue weighted by molar-refractivity contribution is -0.130. The molecule has 0 bridgehead atoms. The molecule has 3 rings (SSSR count). The summed E-state index contributed by atoms with van der Waals surface area (Å²) in [4.78, 5) is 14.3. The maximum atomic E-state index is 12.5. The van der Waals surface area contributed by atoms with Crippen molar-refractivity contribution in [3.05, 3.63) is 47.3 Å². The number of benzene rings is 1. The third-order valence-electron chi connectivity index (χ3n) is 5.00. The fourth-order valence-corrected chi connectivity index (χ4v) is 3.50. The van der Waals surface area contributed by atoms with Crippen LogP contribution >= 0.6 is 0 Å². The van der Waals surface area contributed by atoms with Gasteiger partial charge in [-0.3, -0.25) is 9.89 Å². The number of carbonyl (C=O) groups excluding carboxylic acids is 1. The molecule has 1 aromatic carbocycles. The first-order valence-corrected chi connectivity index (χ1v) is 9.15. The number of carbonyl (C=O) groups is 1. The Kier molecular flexibility index (Phi) is 5.93. The van der Waals surface area contributed by atoms with Crippen molar-refractivity contribution in [2.24, 2.45) is 5.92 Å². The van der Waals surface area contributed by atoms with Crippen molar-refractivity contribution >= 4 is 5.91 Å². The average Bonchev–Trinajstić information content (AvgIpc) is 3.21. The van der Waals surface area contributed by atoms with Crippen LogP contribution in [0, 0.1) is 12.8 Å². The van der Waals surface area contributed by atoms with E-state index in [0.717, 1.165) is 30.0 Å². The quantitative estimate of drug-likeness (QED) is 0.796. The molecule has 1 fully saturated rings. The molecule has 2 atom stereocenters. The highest BCUT2D eigenvalue weighted by atomic mass is 16.5. The lowest BCUT2D eigenvalue weighted by atomic mass is 10.0. The standard InChI is InChI=1S/C20H27N3O3/c1-14-10-17(22-21-14)11-16-12-23(13-19(16)24)20(25)5-3-4-15-6-8-18(26-2)9-7-15/h6-10,16,19,24H,3-5,11-13H2,1-2H3,(H,21,22)/t16-,19-/m1/s1. The van der Waals surface area contributed by atoms with Crippen molar-refractivity contribution in [2.75, 3.05) is 20.2 Å². The van der Waals surface area contributed by atoms with E-state index in [-0.39, 0.29) is 11.8 Å². The number of hydrogen-bond acceptors (Lipinski definition) is 4. The molecule has 0 saturated carbocycles. The molecule has 0 unspecified atom stereocenters. The molecule has 1 aliphatic rings. The predicted molar refractivity (Wildman–Crippen MR) is 99.0 cm³/mol. The normalized spacial score (nSPS) is 19.7. The smallest absolute Gasteiger partial charge is 0.222 e. The van der Waals surface area contributed by atoms with Gasteiger partial charge in [-0.25, -0.2) is 0 Å². The molecule has 140 valence electrons. The van der Waals surface area contributed by atoms with Crippen LogP contribution in [0.3, 0.4) is 0 Å². The van der Waals surface area contributed by atoms with Gasteiger partial charge in [-0.2, -0.15) is 5.10 Å². The number of nitrogens with one attached hydrogen (secondary N) is 1. The molecule has 2 aromatic rings. The molecule has 0 radical (unpaired) electrons. The Labute approximate surface area is 154 Å². The topological polar surface area (TPSA) is 78.5 Å². The van der Waals surface area contributed by atoms with Crippen LogP contribution in [0.2, 0.25) is 0 Å². The molecule has 1 aromatic heterocycles. The highest BCUT2D eigenvalue weighted by Crippen LogP contribution is 2.22. The summed E-state index contributed by atoms with van der Waals surface area (Å²) in [5, 5.41) is 17.4. The second kappa shape index (κ2) is 8.36. The van der Waals surface area contributed by atoms with Crippen molar-refractivity contribution in [1.82, 2.24) is 15.1 Å². The van der Waals surface area contributed by atoms with Gasteiger partial charge in [0.05, 0.1) is 18.9 Å². The highest BCUT2D eigenvalue weighted by Gasteiger charge is 2.34. The Balaban J connectivity index is 1.44. The second-order valence-electron chi connectivity index (χ2n) is 7.07. The van der Waals surface area contributed by atoms with Gasteiger partial charge in [0.2, 0.25) is 5.91 Å². The van der Waals surface area contributed by atoms with Crippen LogP contribution in [-0.4, -0.2) is 52.4 Å². The molecular weight excluding hydrogens is 330 g/mol. The fourth-order valence-electron chi connectivity index (χ4n) is 3.50. The van der Waals surface area contributed by atoms with E-state index in [2.05, 4.69) is 10.2 Å². The predicted octanol–water partition coefficient (Wildman–Crippen LogP) is 2.11. The number of aromatic amines is 1. The monoisotopic (exact) mass is 357 g/mol. The minimum Gasteiger partial charge on any atom is -0.497 e. The largest absolute Gasteiger partial charge is 0.497 e. The number of likely N-dealkylation sites (tertiary alicyclic amines) is 1. The van der Waals surface area contributed by atoms with E-state index in [1.807, 2.05) is 37.3 Å². The minimum atomic E-state index is -0.474. The molecule has 0 aliphatic carbocycles. The van der Waals surface area contributed by atoms with Crippen molar-refractivity contribution < 1.29 is 14.6 Å². The van der Waals surface area contributed by atoms with Crippen LogP contribution in [-0.2, 0) is 17.6 Å². The summed E-state index contributed by atoms with van der Waals surface area (Å²) in [6.07, 6.45) is 2.40. The van der Waals surface area contributed by atoms with Crippen LogP contribution < -0.4 is 4.74 Å². The van der Waals surface area contributed by atoms with E-state index in [1.54, 1.807) is 12.0 Å². The van der Waals surface area contributed by atoms with Gasteiger partial charge in [-0.1, -0.05) is 12.1 Å². The summed E-state index contributed by atoms with van der Waals surface area (Å²) in [5.41, 5.74) is 3.16. The molecule has 1 aliphatic heterocycles. The highest BCUT2D eigenvalue weighted by molar-refractivity contribution is 5.76. The lowest BCUT2D eigenvalue weighted by Crippen LogP contribution is -2.29. The second-order valence-corrected chi connectivity index (χ2v) is 7.07. The Hall–Kier alpha value is -2.34. The van der Waals surface area contributed by atoms with E-state index >= 15 is 0 Å². The van der Waals surface area contributed by atoms with Gasteiger partial charge < -0.3 is 14.7 Å². The molecular formula is C20H27N3O3. The van der Waals surface area contributed by atoms with E-state index < -0.39 is 6.10 Å². The minimum absolute atomic E-state index is 0.0586. The molecule has 6 heteroatoms. The number of hydrogen-bond donors (Lipinski definition) is 2. The first kappa shape index (κ1) is 18.5. The number of aliphatic hydroxyl groups is 1. The summed E-state index contributed by atoms with van der Waals surface area (Å²) in [6.45, 7) is 2.99. The summed E-state index contributed by atoms with van der Waals surface area (Å²) in [7, 11) is 1.65. The molecule has 2 heterocycles.